The van der Waals surface area contributed by atoms with E-state index in [1.807, 2.05) is 12.1 Å². The van der Waals surface area contributed by atoms with Crippen molar-refractivity contribution in [2.75, 3.05) is 7.11 Å². The molecule has 1 spiro atoms. The van der Waals surface area contributed by atoms with E-state index in [9.17, 15) is 5.11 Å². The Hall–Kier alpha value is -1.52. The maximum atomic E-state index is 9.96. The smallest absolute Gasteiger partial charge is 0.166 e. The van der Waals surface area contributed by atoms with Crippen LogP contribution in [0.25, 0.3) is 0 Å². The molecule has 112 valence electrons. The first-order valence-corrected chi connectivity index (χ1v) is 7.67. The van der Waals surface area contributed by atoms with Crippen molar-refractivity contribution in [2.24, 2.45) is 5.73 Å². The molecule has 0 amide bonds. The highest BCUT2D eigenvalue weighted by Crippen LogP contribution is 2.57. The van der Waals surface area contributed by atoms with Crippen molar-refractivity contribution in [3.63, 3.8) is 0 Å². The average Bonchev–Trinajstić information content (AvgIpc) is 2.73. The van der Waals surface area contributed by atoms with E-state index < -0.39 is 6.10 Å². The SMILES string of the molecule is COc1ccc2c3c1OC1CC(O)C=CC31CCCC2N. The van der Waals surface area contributed by atoms with Crippen molar-refractivity contribution in [1.82, 2.24) is 0 Å². The Kier molecular flexibility index (Phi) is 2.81. The van der Waals surface area contributed by atoms with E-state index >= 15 is 0 Å². The first-order valence-electron chi connectivity index (χ1n) is 7.67. The fourth-order valence-electron chi connectivity index (χ4n) is 4.22. The van der Waals surface area contributed by atoms with Crippen LogP contribution in [0.4, 0.5) is 0 Å². The Morgan fingerprint density at radius 3 is 3.10 bits per heavy atom. The maximum Gasteiger partial charge on any atom is 0.166 e. The minimum atomic E-state index is -0.429. The minimum absolute atomic E-state index is 0.0205. The van der Waals surface area contributed by atoms with Gasteiger partial charge < -0.3 is 20.3 Å². The lowest BCUT2D eigenvalue weighted by Gasteiger charge is -2.35. The minimum Gasteiger partial charge on any atom is -0.493 e. The second-order valence-electron chi connectivity index (χ2n) is 6.37. The molecule has 0 bridgehead atoms. The number of ether oxygens (including phenoxy) is 2. The van der Waals surface area contributed by atoms with Gasteiger partial charge in [0.15, 0.2) is 11.5 Å². The predicted octanol–water partition coefficient (Wildman–Crippen LogP) is 2.20. The van der Waals surface area contributed by atoms with E-state index in [4.69, 9.17) is 15.2 Å². The molecule has 3 aliphatic rings. The zero-order chi connectivity index (χ0) is 14.6. The highest BCUT2D eigenvalue weighted by Gasteiger charge is 2.52. The summed E-state index contributed by atoms with van der Waals surface area (Å²) >= 11 is 0. The summed E-state index contributed by atoms with van der Waals surface area (Å²) in [4.78, 5) is 0. The third-order valence-electron chi connectivity index (χ3n) is 5.25. The van der Waals surface area contributed by atoms with Crippen LogP contribution in [0, 0.1) is 0 Å². The summed E-state index contributed by atoms with van der Waals surface area (Å²) in [5, 5.41) is 9.96. The summed E-state index contributed by atoms with van der Waals surface area (Å²) in [5.41, 5.74) is 8.59. The number of hydrogen-bond acceptors (Lipinski definition) is 4. The van der Waals surface area contributed by atoms with Crippen LogP contribution in [0.3, 0.4) is 0 Å². The molecule has 1 heterocycles. The van der Waals surface area contributed by atoms with Crippen LogP contribution in [-0.2, 0) is 5.41 Å². The molecule has 1 aliphatic heterocycles. The number of hydrogen-bond donors (Lipinski definition) is 2. The van der Waals surface area contributed by atoms with Crippen molar-refractivity contribution in [2.45, 2.75) is 49.3 Å². The molecule has 1 aromatic carbocycles. The molecule has 0 aromatic heterocycles. The molecule has 4 unspecified atom stereocenters. The fraction of sp³-hybridized carbons (Fsp3) is 0.529. The molecule has 4 rings (SSSR count). The van der Waals surface area contributed by atoms with Crippen LogP contribution in [0.1, 0.15) is 42.9 Å². The van der Waals surface area contributed by atoms with Gasteiger partial charge >= 0.3 is 0 Å². The maximum absolute atomic E-state index is 9.96. The molecule has 2 aliphatic carbocycles. The van der Waals surface area contributed by atoms with E-state index in [2.05, 4.69) is 12.1 Å². The normalized spacial score (nSPS) is 36.4. The van der Waals surface area contributed by atoms with Gasteiger partial charge in [0.1, 0.15) is 6.10 Å². The van der Waals surface area contributed by atoms with Gasteiger partial charge in [0.05, 0.1) is 18.6 Å². The molecule has 21 heavy (non-hydrogen) atoms. The number of benzene rings is 1. The zero-order valence-corrected chi connectivity index (χ0v) is 12.2. The highest BCUT2D eigenvalue weighted by molar-refractivity contribution is 5.61. The molecule has 0 saturated carbocycles. The van der Waals surface area contributed by atoms with Crippen molar-refractivity contribution >= 4 is 0 Å². The van der Waals surface area contributed by atoms with E-state index in [1.54, 1.807) is 7.11 Å². The van der Waals surface area contributed by atoms with Gasteiger partial charge in [0, 0.05) is 18.0 Å². The molecule has 3 N–H and O–H groups in total. The number of nitrogens with two attached hydrogens (primary N) is 1. The summed E-state index contributed by atoms with van der Waals surface area (Å²) in [6.45, 7) is 0. The number of methoxy groups -OCH3 is 1. The summed E-state index contributed by atoms with van der Waals surface area (Å²) in [5.74, 6) is 1.59. The lowest BCUT2D eigenvalue weighted by atomic mass is 9.69. The Labute approximate surface area is 124 Å². The van der Waals surface area contributed by atoms with Gasteiger partial charge in [-0.3, -0.25) is 0 Å². The molecular formula is C17H21NO3. The van der Waals surface area contributed by atoms with E-state index in [-0.39, 0.29) is 17.6 Å². The standard InChI is InChI=1S/C17H21NO3/c1-20-13-5-4-11-12(18)3-2-7-17-8-6-10(19)9-14(17)21-16(13)15(11)17/h4-6,8,10,12,14,19H,2-3,7,9,18H2,1H3. The molecule has 4 nitrogen and oxygen atoms in total. The lowest BCUT2D eigenvalue weighted by Crippen LogP contribution is -2.41. The van der Waals surface area contributed by atoms with Crippen molar-refractivity contribution < 1.29 is 14.6 Å². The van der Waals surface area contributed by atoms with Gasteiger partial charge in [-0.25, -0.2) is 0 Å². The number of aliphatic hydroxyl groups is 1. The largest absolute Gasteiger partial charge is 0.493 e. The summed E-state index contributed by atoms with van der Waals surface area (Å²) in [6, 6.07) is 4.08. The van der Waals surface area contributed by atoms with Crippen LogP contribution < -0.4 is 15.2 Å². The van der Waals surface area contributed by atoms with Crippen molar-refractivity contribution in [3.8, 4) is 11.5 Å². The lowest BCUT2D eigenvalue weighted by molar-refractivity contribution is 0.0841. The topological polar surface area (TPSA) is 64.7 Å². The molecule has 4 atom stereocenters. The Morgan fingerprint density at radius 1 is 1.43 bits per heavy atom. The molecule has 0 fully saturated rings. The van der Waals surface area contributed by atoms with Crippen LogP contribution in [0.5, 0.6) is 11.5 Å². The van der Waals surface area contributed by atoms with Crippen molar-refractivity contribution in [3.05, 3.63) is 35.4 Å². The second-order valence-corrected chi connectivity index (χ2v) is 6.37. The Bertz CT molecular complexity index is 612. The predicted molar refractivity (Wildman–Crippen MR) is 79.6 cm³/mol. The van der Waals surface area contributed by atoms with Crippen LogP contribution in [-0.4, -0.2) is 24.4 Å². The molecule has 0 radical (unpaired) electrons. The second kappa shape index (κ2) is 4.49. The van der Waals surface area contributed by atoms with E-state index in [0.29, 0.717) is 6.42 Å². The first kappa shape index (κ1) is 13.2. The zero-order valence-electron chi connectivity index (χ0n) is 12.2. The van der Waals surface area contributed by atoms with E-state index in [1.165, 1.54) is 11.1 Å². The molecule has 0 saturated heterocycles. The number of rotatable bonds is 1. The Morgan fingerprint density at radius 2 is 2.29 bits per heavy atom. The summed E-state index contributed by atoms with van der Waals surface area (Å²) < 4.78 is 11.7. The third-order valence-corrected chi connectivity index (χ3v) is 5.25. The van der Waals surface area contributed by atoms with Gasteiger partial charge in [0.25, 0.3) is 0 Å². The first-order chi connectivity index (χ1) is 10.2. The Balaban J connectivity index is 1.98. The summed E-state index contributed by atoms with van der Waals surface area (Å²) in [7, 11) is 1.66. The van der Waals surface area contributed by atoms with Gasteiger partial charge in [-0.05, 0) is 24.5 Å². The number of aliphatic hydroxyl groups excluding tert-OH is 1. The van der Waals surface area contributed by atoms with Crippen molar-refractivity contribution in [1.29, 1.82) is 0 Å². The monoisotopic (exact) mass is 287 g/mol. The van der Waals surface area contributed by atoms with Gasteiger partial charge in [-0.15, -0.1) is 0 Å². The van der Waals surface area contributed by atoms with E-state index in [0.717, 1.165) is 30.8 Å². The van der Waals surface area contributed by atoms with Crippen LogP contribution >= 0.6 is 0 Å². The fourth-order valence-corrected chi connectivity index (χ4v) is 4.22. The van der Waals surface area contributed by atoms with Gasteiger partial charge in [-0.1, -0.05) is 24.6 Å². The summed E-state index contributed by atoms with van der Waals surface area (Å²) in [6.07, 6.45) is 7.31. The van der Waals surface area contributed by atoms with Crippen LogP contribution in [0.15, 0.2) is 24.3 Å². The quantitative estimate of drug-likeness (QED) is 0.777. The average molecular weight is 287 g/mol. The highest BCUT2D eigenvalue weighted by atomic mass is 16.5. The van der Waals surface area contributed by atoms with Crippen LogP contribution in [0.2, 0.25) is 0 Å². The third kappa shape index (κ3) is 1.69. The molecular weight excluding hydrogens is 266 g/mol. The molecule has 1 aromatic rings. The molecule has 4 heteroatoms. The van der Waals surface area contributed by atoms with Gasteiger partial charge in [0.2, 0.25) is 0 Å². The van der Waals surface area contributed by atoms with Gasteiger partial charge in [-0.2, -0.15) is 0 Å².